The molecule has 0 amide bonds. The van der Waals surface area contributed by atoms with Crippen molar-refractivity contribution in [3.05, 3.63) is 64.6 Å². The summed E-state index contributed by atoms with van der Waals surface area (Å²) in [5, 5.41) is 0. The van der Waals surface area contributed by atoms with Gasteiger partial charge in [0.15, 0.2) is 0 Å². The molecule has 2 aromatic rings. The average Bonchev–Trinajstić information content (AvgIpc) is 2.42. The van der Waals surface area contributed by atoms with Crippen LogP contribution in [0, 0.1) is 0 Å². The van der Waals surface area contributed by atoms with E-state index >= 15 is 0 Å². The Bertz CT molecular complexity index is 505. The van der Waals surface area contributed by atoms with E-state index in [1.54, 1.807) is 0 Å². The largest absolute Gasteiger partial charge is 0.284 e. The van der Waals surface area contributed by atoms with Gasteiger partial charge in [0.25, 0.3) is 5.56 Å². The summed E-state index contributed by atoms with van der Waals surface area (Å²) < 4.78 is 13.9. The van der Waals surface area contributed by atoms with Gasteiger partial charge in [-0.15, -0.1) is 0 Å². The summed E-state index contributed by atoms with van der Waals surface area (Å²) in [6.07, 6.45) is 1.53. The fourth-order valence-electron chi connectivity index (χ4n) is 1.40. The zero-order chi connectivity index (χ0) is 12.7. The third-order valence-corrected chi connectivity index (χ3v) is 2.16. The van der Waals surface area contributed by atoms with Gasteiger partial charge in [-0.1, -0.05) is 32.0 Å². The third kappa shape index (κ3) is 3.28. The van der Waals surface area contributed by atoms with Crippen LogP contribution in [-0.4, -0.2) is 4.57 Å². The Morgan fingerprint density at radius 1 is 1.06 bits per heavy atom. The molecule has 0 bridgehead atoms. The molecule has 0 atom stereocenters. The van der Waals surface area contributed by atoms with Crippen LogP contribution in [0.1, 0.15) is 19.4 Å². The molecule has 0 aliphatic rings. The number of halogens is 1. The number of rotatable bonds is 2. The first-order chi connectivity index (χ1) is 8.31. The van der Waals surface area contributed by atoms with Crippen molar-refractivity contribution >= 4 is 0 Å². The first-order valence-corrected chi connectivity index (χ1v) is 5.64. The van der Waals surface area contributed by atoms with Gasteiger partial charge in [0.05, 0.1) is 0 Å². The maximum absolute atomic E-state index is 12.4. The van der Waals surface area contributed by atoms with Gasteiger partial charge >= 0.3 is 0 Å². The number of nitrogens with zero attached hydrogens (tertiary/aromatic N) is 1. The molecule has 0 radical (unpaired) electrons. The third-order valence-electron chi connectivity index (χ3n) is 2.16. The highest BCUT2D eigenvalue weighted by atomic mass is 19.1. The first-order valence-electron chi connectivity index (χ1n) is 5.64. The molecule has 1 heterocycles. The van der Waals surface area contributed by atoms with E-state index in [0.717, 1.165) is 5.69 Å². The van der Waals surface area contributed by atoms with E-state index in [0.29, 0.717) is 5.56 Å². The molecule has 0 saturated carbocycles. The van der Waals surface area contributed by atoms with Crippen molar-refractivity contribution in [2.75, 3.05) is 0 Å². The van der Waals surface area contributed by atoms with Crippen molar-refractivity contribution < 1.29 is 4.39 Å². The van der Waals surface area contributed by atoms with Crippen LogP contribution in [0.25, 0.3) is 5.69 Å². The van der Waals surface area contributed by atoms with Gasteiger partial charge in [-0.3, -0.25) is 9.36 Å². The number of aromatic nitrogens is 1. The molecule has 3 heteroatoms. The SMILES string of the molecule is CC.O=c1ccc(CF)cn1-c1ccccc1. The standard InChI is InChI=1S/C12H10FNO.C2H6/c13-8-10-6-7-12(15)14(9-10)11-4-2-1-3-5-11;1-2/h1-7,9H,8H2;1-2H3. The fraction of sp³-hybridized carbons (Fsp3) is 0.214. The molecule has 0 aliphatic carbocycles. The van der Waals surface area contributed by atoms with E-state index in [1.165, 1.54) is 22.9 Å². The van der Waals surface area contributed by atoms with Gasteiger partial charge in [0, 0.05) is 18.0 Å². The lowest BCUT2D eigenvalue weighted by molar-refractivity contribution is 0.483. The highest BCUT2D eigenvalue weighted by Gasteiger charge is 1.99. The second-order valence-electron chi connectivity index (χ2n) is 3.21. The maximum atomic E-state index is 12.4. The van der Waals surface area contributed by atoms with Crippen molar-refractivity contribution in [2.24, 2.45) is 0 Å². The molecule has 17 heavy (non-hydrogen) atoms. The number of alkyl halides is 1. The van der Waals surface area contributed by atoms with Crippen LogP contribution in [0.5, 0.6) is 0 Å². The van der Waals surface area contributed by atoms with Crippen molar-refractivity contribution in [1.29, 1.82) is 0 Å². The lowest BCUT2D eigenvalue weighted by Gasteiger charge is -2.05. The van der Waals surface area contributed by atoms with Gasteiger partial charge in [-0.25, -0.2) is 4.39 Å². The van der Waals surface area contributed by atoms with E-state index in [4.69, 9.17) is 0 Å². The van der Waals surface area contributed by atoms with Crippen molar-refractivity contribution in [3.8, 4) is 5.69 Å². The Morgan fingerprint density at radius 2 is 1.71 bits per heavy atom. The zero-order valence-corrected chi connectivity index (χ0v) is 10.1. The molecular weight excluding hydrogens is 217 g/mol. The van der Waals surface area contributed by atoms with E-state index in [1.807, 2.05) is 44.2 Å². The summed E-state index contributed by atoms with van der Waals surface area (Å²) in [6, 6.07) is 12.0. The number of para-hydroxylation sites is 1. The van der Waals surface area contributed by atoms with Crippen LogP contribution in [0.2, 0.25) is 0 Å². The van der Waals surface area contributed by atoms with E-state index in [-0.39, 0.29) is 5.56 Å². The highest BCUT2D eigenvalue weighted by molar-refractivity contribution is 5.32. The smallest absolute Gasteiger partial charge is 0.255 e. The topological polar surface area (TPSA) is 22.0 Å². The minimum atomic E-state index is -0.562. The molecule has 0 unspecified atom stereocenters. The highest BCUT2D eigenvalue weighted by Crippen LogP contribution is 2.06. The summed E-state index contributed by atoms with van der Waals surface area (Å²) in [7, 11) is 0. The lowest BCUT2D eigenvalue weighted by Crippen LogP contribution is -2.16. The van der Waals surface area contributed by atoms with Gasteiger partial charge in [-0.2, -0.15) is 0 Å². The van der Waals surface area contributed by atoms with Gasteiger partial charge in [0.2, 0.25) is 0 Å². The Morgan fingerprint density at radius 3 is 2.29 bits per heavy atom. The molecule has 1 aromatic heterocycles. The van der Waals surface area contributed by atoms with Gasteiger partial charge in [0.1, 0.15) is 6.67 Å². The van der Waals surface area contributed by atoms with E-state index < -0.39 is 6.67 Å². The maximum Gasteiger partial charge on any atom is 0.255 e. The summed E-state index contributed by atoms with van der Waals surface area (Å²) >= 11 is 0. The Hall–Kier alpha value is -1.90. The summed E-state index contributed by atoms with van der Waals surface area (Å²) in [6.45, 7) is 3.44. The predicted octanol–water partition coefficient (Wildman–Crippen LogP) is 3.33. The van der Waals surface area contributed by atoms with E-state index in [9.17, 15) is 9.18 Å². The van der Waals surface area contributed by atoms with Crippen LogP contribution in [-0.2, 0) is 6.67 Å². The van der Waals surface area contributed by atoms with Crippen molar-refractivity contribution in [2.45, 2.75) is 20.5 Å². The number of hydrogen-bond donors (Lipinski definition) is 0. The summed E-state index contributed by atoms with van der Waals surface area (Å²) in [5.41, 5.74) is 1.09. The van der Waals surface area contributed by atoms with Crippen LogP contribution >= 0.6 is 0 Å². The second-order valence-corrected chi connectivity index (χ2v) is 3.21. The van der Waals surface area contributed by atoms with Crippen LogP contribution in [0.3, 0.4) is 0 Å². The van der Waals surface area contributed by atoms with Gasteiger partial charge in [-0.05, 0) is 23.8 Å². The fourth-order valence-corrected chi connectivity index (χ4v) is 1.40. The molecule has 0 N–H and O–H groups in total. The predicted molar refractivity (Wildman–Crippen MR) is 68.2 cm³/mol. The molecule has 0 spiro atoms. The van der Waals surface area contributed by atoms with Crippen LogP contribution in [0.15, 0.2) is 53.5 Å². The molecule has 90 valence electrons. The van der Waals surface area contributed by atoms with Crippen LogP contribution < -0.4 is 5.56 Å². The van der Waals surface area contributed by atoms with Gasteiger partial charge < -0.3 is 0 Å². The minimum absolute atomic E-state index is 0.154. The molecule has 1 aromatic carbocycles. The van der Waals surface area contributed by atoms with Crippen molar-refractivity contribution in [1.82, 2.24) is 4.57 Å². The van der Waals surface area contributed by atoms with Crippen LogP contribution in [0.4, 0.5) is 4.39 Å². The lowest BCUT2D eigenvalue weighted by atomic mass is 10.2. The quantitative estimate of drug-likeness (QED) is 0.779. The Balaban J connectivity index is 0.000000686. The number of pyridine rings is 1. The first kappa shape index (κ1) is 13.2. The summed E-state index contributed by atoms with van der Waals surface area (Å²) in [4.78, 5) is 11.5. The molecule has 2 rings (SSSR count). The molecule has 0 aliphatic heterocycles. The normalized spacial score (nSPS) is 9.35. The second kappa shape index (κ2) is 6.63. The molecular formula is C14H16FNO. The van der Waals surface area contributed by atoms with Crippen molar-refractivity contribution in [3.63, 3.8) is 0 Å². The minimum Gasteiger partial charge on any atom is -0.284 e. The number of hydrogen-bond acceptors (Lipinski definition) is 1. The average molecular weight is 233 g/mol. The Kier molecular flexibility index (Phi) is 5.14. The Labute approximate surface area is 100 Å². The zero-order valence-electron chi connectivity index (χ0n) is 10.1. The summed E-state index contributed by atoms with van der Waals surface area (Å²) in [5.74, 6) is 0. The van der Waals surface area contributed by atoms with E-state index in [2.05, 4.69) is 0 Å². The molecule has 2 nitrogen and oxygen atoms in total. The number of benzene rings is 1. The monoisotopic (exact) mass is 233 g/mol. The molecule has 0 fully saturated rings. The molecule has 0 saturated heterocycles.